The second-order valence-corrected chi connectivity index (χ2v) is 5.63. The van der Waals surface area contributed by atoms with Gasteiger partial charge in [-0.25, -0.2) is 4.79 Å². The van der Waals surface area contributed by atoms with Crippen LogP contribution in [-0.4, -0.2) is 15.7 Å². The Bertz CT molecular complexity index is 724. The molecule has 0 aliphatic rings. The Morgan fingerprint density at radius 1 is 1.35 bits per heavy atom. The highest BCUT2D eigenvalue weighted by Crippen LogP contribution is 2.28. The maximum atomic E-state index is 12.1. The van der Waals surface area contributed by atoms with E-state index in [4.69, 9.17) is 4.74 Å². The van der Waals surface area contributed by atoms with Gasteiger partial charge in [-0.05, 0) is 18.6 Å². The number of benzene rings is 1. The van der Waals surface area contributed by atoms with E-state index < -0.39 is 0 Å². The highest BCUT2D eigenvalue weighted by Gasteiger charge is 2.16. The zero-order chi connectivity index (χ0) is 14.1. The van der Waals surface area contributed by atoms with Crippen LogP contribution >= 0.6 is 11.3 Å². The average molecular weight is 286 g/mol. The summed E-state index contributed by atoms with van der Waals surface area (Å²) in [5, 5.41) is 5.34. The quantitative estimate of drug-likeness (QED) is 0.694. The minimum absolute atomic E-state index is 0.283. The Morgan fingerprint density at radius 2 is 2.10 bits per heavy atom. The molecule has 5 heteroatoms. The Labute approximate surface area is 120 Å². The lowest BCUT2D eigenvalue weighted by Crippen LogP contribution is -2.03. The first-order chi connectivity index (χ1) is 9.65. The van der Waals surface area contributed by atoms with Crippen LogP contribution in [0, 0.1) is 6.92 Å². The van der Waals surface area contributed by atoms with Crippen LogP contribution in [0.15, 0.2) is 36.4 Å². The predicted molar refractivity (Wildman–Crippen MR) is 78.9 cm³/mol. The van der Waals surface area contributed by atoms with E-state index in [2.05, 4.69) is 5.10 Å². The monoisotopic (exact) mass is 286 g/mol. The summed E-state index contributed by atoms with van der Waals surface area (Å²) in [6.07, 6.45) is 0. The molecule has 0 spiro atoms. The zero-order valence-electron chi connectivity index (χ0n) is 11.3. The molecule has 0 saturated heterocycles. The van der Waals surface area contributed by atoms with Crippen molar-refractivity contribution < 1.29 is 9.53 Å². The van der Waals surface area contributed by atoms with Crippen molar-refractivity contribution in [2.24, 2.45) is 7.05 Å². The molecule has 0 atom stereocenters. The number of ether oxygens (including phenoxy) is 1. The Hall–Kier alpha value is -2.14. The van der Waals surface area contributed by atoms with Crippen molar-refractivity contribution in [3.63, 3.8) is 0 Å². The average Bonchev–Trinajstić information content (AvgIpc) is 3.00. The number of thiophene rings is 1. The number of hydrogen-bond donors (Lipinski definition) is 0. The minimum atomic E-state index is -0.283. The van der Waals surface area contributed by atoms with E-state index in [1.165, 1.54) is 11.3 Å². The van der Waals surface area contributed by atoms with Gasteiger partial charge in [0.1, 0.15) is 16.3 Å². The maximum absolute atomic E-state index is 12.1. The van der Waals surface area contributed by atoms with E-state index in [1.807, 2.05) is 50.4 Å². The molecule has 0 aliphatic heterocycles. The second-order valence-electron chi connectivity index (χ2n) is 4.60. The van der Waals surface area contributed by atoms with Crippen molar-refractivity contribution in [1.82, 2.24) is 9.78 Å². The summed E-state index contributed by atoms with van der Waals surface area (Å²) < 4.78 is 7.13. The number of carbonyl (C=O) groups is 1. The Kier molecular flexibility index (Phi) is 3.28. The number of nitrogens with zero attached hydrogens (tertiary/aromatic N) is 2. The molecule has 3 aromatic rings. The molecule has 1 aromatic carbocycles. The lowest BCUT2D eigenvalue weighted by molar-refractivity contribution is 0.0478. The molecule has 2 heterocycles. The molecule has 4 nitrogen and oxygen atoms in total. The summed E-state index contributed by atoms with van der Waals surface area (Å²) in [6.45, 7) is 2.24. The number of fused-ring (bicyclic) bond motifs is 1. The van der Waals surface area contributed by atoms with E-state index >= 15 is 0 Å². The summed E-state index contributed by atoms with van der Waals surface area (Å²) in [4.78, 5) is 13.7. The summed E-state index contributed by atoms with van der Waals surface area (Å²) in [7, 11) is 1.88. The third-order valence-corrected chi connectivity index (χ3v) is 4.29. The van der Waals surface area contributed by atoms with Gasteiger partial charge in [0, 0.05) is 12.4 Å². The molecule has 102 valence electrons. The molecule has 2 aromatic heterocycles. The van der Waals surface area contributed by atoms with Crippen LogP contribution in [0.25, 0.3) is 10.2 Å². The molecule has 0 unspecified atom stereocenters. The van der Waals surface area contributed by atoms with Gasteiger partial charge in [-0.3, -0.25) is 4.68 Å². The molecule has 20 heavy (non-hydrogen) atoms. The molecule has 0 bridgehead atoms. The third-order valence-electron chi connectivity index (χ3n) is 3.11. The highest BCUT2D eigenvalue weighted by atomic mass is 32.1. The summed E-state index contributed by atoms with van der Waals surface area (Å²) in [5.74, 6) is -0.283. The van der Waals surface area contributed by atoms with Crippen LogP contribution < -0.4 is 0 Å². The first-order valence-corrected chi connectivity index (χ1v) is 7.11. The number of hydrogen-bond acceptors (Lipinski definition) is 4. The molecule has 0 aliphatic carbocycles. The second kappa shape index (κ2) is 5.09. The predicted octanol–water partition coefficient (Wildman–Crippen LogP) is 3.30. The minimum Gasteiger partial charge on any atom is -0.457 e. The molecule has 0 saturated carbocycles. The Morgan fingerprint density at radius 3 is 2.80 bits per heavy atom. The van der Waals surface area contributed by atoms with E-state index in [1.54, 1.807) is 4.68 Å². The van der Waals surface area contributed by atoms with E-state index in [0.717, 1.165) is 21.5 Å². The van der Waals surface area contributed by atoms with Crippen LogP contribution in [0.3, 0.4) is 0 Å². The smallest absolute Gasteiger partial charge is 0.348 e. The highest BCUT2D eigenvalue weighted by molar-refractivity contribution is 7.20. The SMILES string of the molecule is Cc1nn(C)c2sc(C(=O)OCc3ccccc3)cc12. The van der Waals surface area contributed by atoms with Gasteiger partial charge in [-0.2, -0.15) is 5.10 Å². The van der Waals surface area contributed by atoms with Crippen LogP contribution in [0.5, 0.6) is 0 Å². The molecule has 0 N–H and O–H groups in total. The number of esters is 1. The van der Waals surface area contributed by atoms with Crippen LogP contribution in [-0.2, 0) is 18.4 Å². The van der Waals surface area contributed by atoms with Gasteiger partial charge in [0.25, 0.3) is 0 Å². The fourth-order valence-corrected chi connectivity index (χ4v) is 3.12. The number of rotatable bonds is 3. The van der Waals surface area contributed by atoms with Gasteiger partial charge >= 0.3 is 5.97 Å². The fourth-order valence-electron chi connectivity index (χ4n) is 2.10. The van der Waals surface area contributed by atoms with E-state index in [-0.39, 0.29) is 5.97 Å². The van der Waals surface area contributed by atoms with Crippen molar-refractivity contribution in [1.29, 1.82) is 0 Å². The van der Waals surface area contributed by atoms with Crippen LogP contribution in [0.4, 0.5) is 0 Å². The summed E-state index contributed by atoms with van der Waals surface area (Å²) >= 11 is 1.41. The molecule has 0 fully saturated rings. The van der Waals surface area contributed by atoms with E-state index in [0.29, 0.717) is 11.5 Å². The zero-order valence-corrected chi connectivity index (χ0v) is 12.1. The third kappa shape index (κ3) is 2.32. The normalized spacial score (nSPS) is 10.9. The fraction of sp³-hybridized carbons (Fsp3) is 0.200. The number of aryl methyl sites for hydroxylation is 2. The van der Waals surface area contributed by atoms with E-state index in [9.17, 15) is 4.79 Å². The van der Waals surface area contributed by atoms with Gasteiger partial charge in [-0.1, -0.05) is 30.3 Å². The first-order valence-electron chi connectivity index (χ1n) is 6.29. The van der Waals surface area contributed by atoms with Crippen molar-refractivity contribution in [3.05, 3.63) is 52.5 Å². The van der Waals surface area contributed by atoms with Crippen LogP contribution in [0.1, 0.15) is 20.9 Å². The lowest BCUT2D eigenvalue weighted by atomic mass is 10.2. The van der Waals surface area contributed by atoms with Gasteiger partial charge in [-0.15, -0.1) is 11.3 Å². The van der Waals surface area contributed by atoms with Crippen LogP contribution in [0.2, 0.25) is 0 Å². The van der Waals surface area contributed by atoms with Crippen molar-refractivity contribution in [2.75, 3.05) is 0 Å². The molecule has 3 rings (SSSR count). The standard InChI is InChI=1S/C15H14N2O2S/c1-10-12-8-13(20-14(12)17(2)16-10)15(18)19-9-11-6-4-3-5-7-11/h3-8H,9H2,1-2H3. The van der Waals surface area contributed by atoms with Gasteiger partial charge < -0.3 is 4.74 Å². The van der Waals surface area contributed by atoms with Gasteiger partial charge in [0.15, 0.2) is 0 Å². The first kappa shape index (κ1) is 12.9. The van der Waals surface area contributed by atoms with Gasteiger partial charge in [0.05, 0.1) is 5.69 Å². The van der Waals surface area contributed by atoms with Crippen molar-refractivity contribution in [2.45, 2.75) is 13.5 Å². The number of carbonyl (C=O) groups excluding carboxylic acids is 1. The van der Waals surface area contributed by atoms with Crippen molar-refractivity contribution >= 4 is 27.5 Å². The Balaban J connectivity index is 1.77. The topological polar surface area (TPSA) is 44.1 Å². The molecular weight excluding hydrogens is 272 g/mol. The van der Waals surface area contributed by atoms with Gasteiger partial charge in [0.2, 0.25) is 0 Å². The molecular formula is C15H14N2O2S. The largest absolute Gasteiger partial charge is 0.457 e. The molecule has 0 amide bonds. The number of aromatic nitrogens is 2. The summed E-state index contributed by atoms with van der Waals surface area (Å²) in [5.41, 5.74) is 1.92. The maximum Gasteiger partial charge on any atom is 0.348 e. The summed E-state index contributed by atoms with van der Waals surface area (Å²) in [6, 6.07) is 11.5. The lowest BCUT2D eigenvalue weighted by Gasteiger charge is -2.02. The van der Waals surface area contributed by atoms with Crippen molar-refractivity contribution in [3.8, 4) is 0 Å². The molecule has 0 radical (unpaired) electrons.